The molecule has 1 atom stereocenters. The number of anilines is 1. The molecule has 156 valence electrons. The SMILES string of the molecule is Cc1nn2c3c(cccc13)-c1cc3c(cc1C2)NC(=O)N[C@]3(C#CC1CC1)C(C)(F)F. The molecular formula is C24H20F2N4O. The van der Waals surface area contributed by atoms with Crippen molar-refractivity contribution in [1.82, 2.24) is 15.1 Å². The van der Waals surface area contributed by atoms with Crippen LogP contribution in [0.15, 0.2) is 30.3 Å². The summed E-state index contributed by atoms with van der Waals surface area (Å²) in [6, 6.07) is 8.86. The van der Waals surface area contributed by atoms with Gasteiger partial charge in [0.1, 0.15) is 0 Å². The zero-order valence-electron chi connectivity index (χ0n) is 17.1. The van der Waals surface area contributed by atoms with Gasteiger partial charge in [-0.15, -0.1) is 0 Å². The van der Waals surface area contributed by atoms with Gasteiger partial charge in [-0.3, -0.25) is 4.68 Å². The van der Waals surface area contributed by atoms with Crippen molar-refractivity contribution >= 4 is 22.6 Å². The highest BCUT2D eigenvalue weighted by molar-refractivity contribution is 6.00. The summed E-state index contributed by atoms with van der Waals surface area (Å²) in [5.41, 5.74) is 3.25. The second kappa shape index (κ2) is 5.85. The Bertz CT molecular complexity index is 1350. The summed E-state index contributed by atoms with van der Waals surface area (Å²) in [5, 5.41) is 10.9. The van der Waals surface area contributed by atoms with Crippen LogP contribution in [-0.4, -0.2) is 21.7 Å². The molecule has 0 spiro atoms. The Balaban J connectivity index is 1.64. The molecule has 3 heterocycles. The largest absolute Gasteiger partial charge is 0.320 e. The van der Waals surface area contributed by atoms with Crippen LogP contribution in [0.3, 0.4) is 0 Å². The van der Waals surface area contributed by atoms with Gasteiger partial charge in [0.2, 0.25) is 0 Å². The highest BCUT2D eigenvalue weighted by Crippen LogP contribution is 2.47. The van der Waals surface area contributed by atoms with Crippen molar-refractivity contribution in [2.24, 2.45) is 5.92 Å². The molecule has 3 aromatic rings. The van der Waals surface area contributed by atoms with Crippen molar-refractivity contribution in [2.75, 3.05) is 5.32 Å². The maximum absolute atomic E-state index is 15.1. The lowest BCUT2D eigenvalue weighted by molar-refractivity contribution is -0.0464. The predicted octanol–water partition coefficient (Wildman–Crippen LogP) is 4.77. The van der Waals surface area contributed by atoms with Crippen molar-refractivity contribution in [3.8, 4) is 23.0 Å². The van der Waals surface area contributed by atoms with Crippen LogP contribution in [0.4, 0.5) is 19.3 Å². The monoisotopic (exact) mass is 418 g/mol. The van der Waals surface area contributed by atoms with Gasteiger partial charge in [0, 0.05) is 35.0 Å². The molecule has 2 aromatic carbocycles. The molecular weight excluding hydrogens is 398 g/mol. The Labute approximate surface area is 177 Å². The summed E-state index contributed by atoms with van der Waals surface area (Å²) in [5.74, 6) is 2.60. The number of nitrogens with zero attached hydrogens (tertiary/aromatic N) is 2. The lowest BCUT2D eigenvalue weighted by Crippen LogP contribution is -2.59. The van der Waals surface area contributed by atoms with E-state index in [1.165, 1.54) is 0 Å². The number of amides is 2. The molecule has 0 saturated heterocycles. The molecule has 1 fully saturated rings. The number of rotatable bonds is 1. The van der Waals surface area contributed by atoms with E-state index in [0.29, 0.717) is 17.8 Å². The Hall–Kier alpha value is -3.40. The fraction of sp³-hybridized carbons (Fsp3) is 0.333. The standard InChI is InChI=1S/C24H20F2N4O/c1-13-16-4-3-5-17-18-11-19-20(10-15(18)12-30(29-13)21(16)17)27-22(31)28-24(19,23(2,25)26)9-8-14-6-7-14/h3-5,10-11,14H,6-7,12H2,1-2H3,(H2,27,28,31)/t24-/m0/s1. The normalized spacial score (nSPS) is 21.5. The van der Waals surface area contributed by atoms with Gasteiger partial charge in [-0.25, -0.2) is 13.6 Å². The highest BCUT2D eigenvalue weighted by atomic mass is 19.3. The molecule has 3 aliphatic rings. The fourth-order valence-corrected chi connectivity index (χ4v) is 4.72. The number of benzene rings is 2. The van der Waals surface area contributed by atoms with E-state index in [4.69, 9.17) is 0 Å². The first-order chi connectivity index (χ1) is 14.8. The highest BCUT2D eigenvalue weighted by Gasteiger charge is 2.55. The molecule has 31 heavy (non-hydrogen) atoms. The molecule has 1 saturated carbocycles. The predicted molar refractivity (Wildman–Crippen MR) is 114 cm³/mol. The maximum atomic E-state index is 15.1. The minimum Gasteiger partial charge on any atom is -0.312 e. The number of carbonyl (C=O) groups excluding carboxylic acids is 1. The molecule has 1 aromatic heterocycles. The van der Waals surface area contributed by atoms with Gasteiger partial charge in [-0.1, -0.05) is 30.0 Å². The van der Waals surface area contributed by atoms with E-state index in [1.807, 2.05) is 29.8 Å². The zero-order chi connectivity index (χ0) is 21.5. The number of fused-ring (bicyclic) bond motifs is 3. The summed E-state index contributed by atoms with van der Waals surface area (Å²) in [7, 11) is 0. The Morgan fingerprint density at radius 1 is 1.26 bits per heavy atom. The zero-order valence-corrected chi connectivity index (χ0v) is 17.1. The fourth-order valence-electron chi connectivity index (χ4n) is 4.72. The average Bonchev–Trinajstić information content (AvgIpc) is 3.48. The lowest BCUT2D eigenvalue weighted by Gasteiger charge is -2.40. The molecule has 0 unspecified atom stereocenters. The summed E-state index contributed by atoms with van der Waals surface area (Å²) in [6.45, 7) is 3.29. The topological polar surface area (TPSA) is 59.0 Å². The first-order valence-corrected chi connectivity index (χ1v) is 10.4. The van der Waals surface area contributed by atoms with Crippen molar-refractivity contribution in [2.45, 2.75) is 44.7 Å². The van der Waals surface area contributed by atoms with Crippen LogP contribution < -0.4 is 10.6 Å². The first-order valence-electron chi connectivity index (χ1n) is 10.4. The number of alkyl halides is 2. The van der Waals surface area contributed by atoms with Crippen molar-refractivity contribution in [3.63, 3.8) is 0 Å². The number of para-hydroxylation sites is 1. The Morgan fingerprint density at radius 3 is 2.81 bits per heavy atom. The molecule has 6 rings (SSSR count). The van der Waals surface area contributed by atoms with E-state index < -0.39 is 17.5 Å². The van der Waals surface area contributed by atoms with E-state index in [0.717, 1.165) is 53.1 Å². The maximum Gasteiger partial charge on any atom is 0.320 e. The summed E-state index contributed by atoms with van der Waals surface area (Å²) >= 11 is 0. The minimum absolute atomic E-state index is 0.123. The van der Waals surface area contributed by atoms with E-state index in [1.54, 1.807) is 12.1 Å². The quantitative estimate of drug-likeness (QED) is 0.438. The minimum atomic E-state index is -3.28. The average molecular weight is 418 g/mol. The van der Waals surface area contributed by atoms with Gasteiger partial charge in [0.05, 0.1) is 17.8 Å². The van der Waals surface area contributed by atoms with Gasteiger partial charge >= 0.3 is 6.03 Å². The van der Waals surface area contributed by atoms with Crippen molar-refractivity contribution in [3.05, 3.63) is 47.2 Å². The number of aromatic nitrogens is 2. The van der Waals surface area contributed by atoms with Crippen LogP contribution in [0.1, 0.15) is 36.6 Å². The molecule has 0 bridgehead atoms. The molecule has 1 aliphatic carbocycles. The number of urea groups is 1. The van der Waals surface area contributed by atoms with Crippen LogP contribution in [-0.2, 0) is 12.1 Å². The summed E-state index contributed by atoms with van der Waals surface area (Å²) in [6.07, 6.45) is 1.82. The van der Waals surface area contributed by atoms with E-state index in [2.05, 4.69) is 27.6 Å². The van der Waals surface area contributed by atoms with Crippen LogP contribution in [0.25, 0.3) is 22.0 Å². The van der Waals surface area contributed by atoms with Crippen LogP contribution >= 0.6 is 0 Å². The van der Waals surface area contributed by atoms with Crippen molar-refractivity contribution < 1.29 is 13.6 Å². The van der Waals surface area contributed by atoms with E-state index in [-0.39, 0.29) is 5.92 Å². The second-order valence-electron chi connectivity index (χ2n) is 8.76. The van der Waals surface area contributed by atoms with Crippen LogP contribution in [0.5, 0.6) is 0 Å². The summed E-state index contributed by atoms with van der Waals surface area (Å²) in [4.78, 5) is 12.4. The summed E-state index contributed by atoms with van der Waals surface area (Å²) < 4.78 is 32.2. The third-order valence-electron chi connectivity index (χ3n) is 6.46. The van der Waals surface area contributed by atoms with Gasteiger partial charge < -0.3 is 10.6 Å². The van der Waals surface area contributed by atoms with E-state index >= 15 is 8.78 Å². The number of hydrogen-bond donors (Lipinski definition) is 2. The smallest absolute Gasteiger partial charge is 0.312 e. The van der Waals surface area contributed by atoms with E-state index in [9.17, 15) is 4.79 Å². The molecule has 5 nitrogen and oxygen atoms in total. The number of aryl methyl sites for hydroxylation is 1. The van der Waals surface area contributed by atoms with Crippen molar-refractivity contribution in [1.29, 1.82) is 0 Å². The van der Waals surface area contributed by atoms with Gasteiger partial charge in [-0.2, -0.15) is 5.10 Å². The number of hydrogen-bond acceptors (Lipinski definition) is 2. The lowest BCUT2D eigenvalue weighted by atomic mass is 9.79. The molecule has 2 amide bonds. The second-order valence-corrected chi connectivity index (χ2v) is 8.76. The van der Waals surface area contributed by atoms with Gasteiger partial charge in [0.15, 0.2) is 5.54 Å². The molecule has 7 heteroatoms. The van der Waals surface area contributed by atoms with Gasteiger partial charge in [-0.05, 0) is 43.0 Å². The molecule has 2 N–H and O–H groups in total. The first kappa shape index (κ1) is 18.4. The Kier molecular flexibility index (Phi) is 3.47. The number of nitrogens with one attached hydrogen (secondary N) is 2. The number of carbonyl (C=O) groups is 1. The number of halogens is 2. The molecule has 2 aliphatic heterocycles. The Morgan fingerprint density at radius 2 is 2.06 bits per heavy atom. The molecule has 0 radical (unpaired) electrons. The van der Waals surface area contributed by atoms with Crippen LogP contribution in [0.2, 0.25) is 0 Å². The third kappa shape index (κ3) is 2.54. The van der Waals surface area contributed by atoms with Gasteiger partial charge in [0.25, 0.3) is 5.92 Å². The third-order valence-corrected chi connectivity index (χ3v) is 6.46. The van der Waals surface area contributed by atoms with Crippen LogP contribution in [0, 0.1) is 24.7 Å².